The van der Waals surface area contributed by atoms with Crippen molar-refractivity contribution < 1.29 is 0 Å². The van der Waals surface area contributed by atoms with Crippen molar-refractivity contribution in [2.75, 3.05) is 6.54 Å². The van der Waals surface area contributed by atoms with Crippen LogP contribution in [0.4, 0.5) is 0 Å². The van der Waals surface area contributed by atoms with E-state index in [9.17, 15) is 0 Å². The molecule has 0 bridgehead atoms. The Labute approximate surface area is 99.3 Å². The van der Waals surface area contributed by atoms with Crippen LogP contribution in [-0.2, 0) is 6.42 Å². The molecule has 2 unspecified atom stereocenters. The summed E-state index contributed by atoms with van der Waals surface area (Å²) in [4.78, 5) is 0. The molecule has 0 aliphatic heterocycles. The predicted molar refractivity (Wildman–Crippen MR) is 69.6 cm³/mol. The summed E-state index contributed by atoms with van der Waals surface area (Å²) in [6, 6.07) is 9.53. The SMILES string of the molecule is CCCNC1CC(C)CCc2ccccc21. The Kier molecular flexibility index (Phi) is 4.00. The lowest BCUT2D eigenvalue weighted by Crippen LogP contribution is -2.23. The highest BCUT2D eigenvalue weighted by Gasteiger charge is 2.21. The number of benzene rings is 1. The van der Waals surface area contributed by atoms with Crippen LogP contribution >= 0.6 is 0 Å². The maximum Gasteiger partial charge on any atom is 0.0325 e. The lowest BCUT2D eigenvalue weighted by molar-refractivity contribution is 0.409. The second-order valence-electron chi connectivity index (χ2n) is 5.09. The van der Waals surface area contributed by atoms with Crippen LogP contribution in [0.1, 0.15) is 50.3 Å². The van der Waals surface area contributed by atoms with Crippen molar-refractivity contribution in [3.05, 3.63) is 35.4 Å². The standard InChI is InChI=1S/C15H23N/c1-3-10-16-15-11-12(2)8-9-13-6-4-5-7-14(13)15/h4-7,12,15-16H,3,8-11H2,1-2H3. The van der Waals surface area contributed by atoms with Gasteiger partial charge in [0.25, 0.3) is 0 Å². The first kappa shape index (κ1) is 11.7. The molecule has 0 saturated carbocycles. The number of hydrogen-bond acceptors (Lipinski definition) is 1. The summed E-state index contributed by atoms with van der Waals surface area (Å²) in [5.41, 5.74) is 3.10. The molecule has 0 aromatic heterocycles. The van der Waals surface area contributed by atoms with Crippen LogP contribution in [0.2, 0.25) is 0 Å². The van der Waals surface area contributed by atoms with Gasteiger partial charge in [-0.05, 0) is 49.3 Å². The zero-order chi connectivity index (χ0) is 11.4. The number of aryl methyl sites for hydroxylation is 1. The normalized spacial score (nSPS) is 24.9. The van der Waals surface area contributed by atoms with Crippen molar-refractivity contribution in [2.45, 2.75) is 45.6 Å². The molecule has 1 aliphatic carbocycles. The van der Waals surface area contributed by atoms with Gasteiger partial charge in [-0.3, -0.25) is 0 Å². The fourth-order valence-corrected chi connectivity index (χ4v) is 2.66. The van der Waals surface area contributed by atoms with Gasteiger partial charge < -0.3 is 5.32 Å². The monoisotopic (exact) mass is 217 g/mol. The van der Waals surface area contributed by atoms with E-state index in [4.69, 9.17) is 0 Å². The summed E-state index contributed by atoms with van der Waals surface area (Å²) in [5.74, 6) is 0.835. The summed E-state index contributed by atoms with van der Waals surface area (Å²) in [5, 5.41) is 3.70. The molecule has 2 atom stereocenters. The van der Waals surface area contributed by atoms with E-state index in [1.165, 1.54) is 25.7 Å². The van der Waals surface area contributed by atoms with Gasteiger partial charge in [-0.15, -0.1) is 0 Å². The first-order valence-electron chi connectivity index (χ1n) is 6.62. The molecule has 1 nitrogen and oxygen atoms in total. The minimum Gasteiger partial charge on any atom is -0.310 e. The average molecular weight is 217 g/mol. The first-order chi connectivity index (χ1) is 7.81. The van der Waals surface area contributed by atoms with Gasteiger partial charge in [-0.1, -0.05) is 38.1 Å². The third-order valence-corrected chi connectivity index (χ3v) is 3.62. The summed E-state index contributed by atoms with van der Waals surface area (Å²) in [7, 11) is 0. The fraction of sp³-hybridized carbons (Fsp3) is 0.600. The average Bonchev–Trinajstić information content (AvgIpc) is 2.47. The Bertz CT molecular complexity index is 332. The zero-order valence-electron chi connectivity index (χ0n) is 10.5. The Morgan fingerprint density at radius 2 is 2.12 bits per heavy atom. The van der Waals surface area contributed by atoms with Gasteiger partial charge in [0.05, 0.1) is 0 Å². The Balaban J connectivity index is 2.20. The van der Waals surface area contributed by atoms with Crippen LogP contribution < -0.4 is 5.32 Å². The number of nitrogens with one attached hydrogen (secondary N) is 1. The third kappa shape index (κ3) is 2.65. The van der Waals surface area contributed by atoms with Crippen molar-refractivity contribution >= 4 is 0 Å². The van der Waals surface area contributed by atoms with Gasteiger partial charge in [-0.25, -0.2) is 0 Å². The molecule has 1 heteroatoms. The maximum absolute atomic E-state index is 3.70. The second-order valence-corrected chi connectivity index (χ2v) is 5.09. The largest absolute Gasteiger partial charge is 0.310 e. The molecular formula is C15H23N. The fourth-order valence-electron chi connectivity index (χ4n) is 2.66. The molecule has 2 rings (SSSR count). The van der Waals surface area contributed by atoms with Gasteiger partial charge in [0.2, 0.25) is 0 Å². The van der Waals surface area contributed by atoms with Crippen molar-refractivity contribution in [3.8, 4) is 0 Å². The Morgan fingerprint density at radius 3 is 2.94 bits per heavy atom. The molecule has 1 N–H and O–H groups in total. The van der Waals surface area contributed by atoms with Crippen molar-refractivity contribution in [3.63, 3.8) is 0 Å². The molecule has 1 aromatic carbocycles. The van der Waals surface area contributed by atoms with Gasteiger partial charge in [0.1, 0.15) is 0 Å². The third-order valence-electron chi connectivity index (χ3n) is 3.62. The number of fused-ring (bicyclic) bond motifs is 1. The van der Waals surface area contributed by atoms with Crippen LogP contribution in [0.3, 0.4) is 0 Å². The topological polar surface area (TPSA) is 12.0 Å². The van der Waals surface area contributed by atoms with Crippen molar-refractivity contribution in [1.82, 2.24) is 5.32 Å². The van der Waals surface area contributed by atoms with E-state index >= 15 is 0 Å². The second kappa shape index (κ2) is 5.49. The summed E-state index contributed by atoms with van der Waals surface area (Å²) in [6.07, 6.45) is 5.09. The quantitative estimate of drug-likeness (QED) is 0.761. The highest BCUT2D eigenvalue weighted by atomic mass is 14.9. The molecule has 0 saturated heterocycles. The molecule has 0 spiro atoms. The van der Waals surface area contributed by atoms with E-state index in [1.54, 1.807) is 11.1 Å². The summed E-state index contributed by atoms with van der Waals surface area (Å²) >= 11 is 0. The van der Waals surface area contributed by atoms with Crippen LogP contribution in [0, 0.1) is 5.92 Å². The van der Waals surface area contributed by atoms with E-state index in [0.29, 0.717) is 6.04 Å². The van der Waals surface area contributed by atoms with Gasteiger partial charge in [0, 0.05) is 6.04 Å². The van der Waals surface area contributed by atoms with E-state index in [0.717, 1.165) is 12.5 Å². The molecule has 88 valence electrons. The Hall–Kier alpha value is -0.820. The van der Waals surface area contributed by atoms with Crippen molar-refractivity contribution in [1.29, 1.82) is 0 Å². The van der Waals surface area contributed by atoms with Crippen LogP contribution in [-0.4, -0.2) is 6.54 Å². The van der Waals surface area contributed by atoms with Crippen molar-refractivity contribution in [2.24, 2.45) is 5.92 Å². The summed E-state index contributed by atoms with van der Waals surface area (Å²) < 4.78 is 0. The molecule has 0 heterocycles. The van der Waals surface area contributed by atoms with E-state index in [1.807, 2.05) is 0 Å². The van der Waals surface area contributed by atoms with E-state index < -0.39 is 0 Å². The van der Waals surface area contributed by atoms with Crippen LogP contribution in [0.15, 0.2) is 24.3 Å². The molecule has 1 aliphatic rings. The molecule has 16 heavy (non-hydrogen) atoms. The number of rotatable bonds is 3. The molecule has 0 amide bonds. The maximum atomic E-state index is 3.70. The van der Waals surface area contributed by atoms with E-state index in [-0.39, 0.29) is 0 Å². The van der Waals surface area contributed by atoms with Gasteiger partial charge >= 0.3 is 0 Å². The lowest BCUT2D eigenvalue weighted by Gasteiger charge is -2.20. The predicted octanol–water partition coefficient (Wildman–Crippen LogP) is 3.70. The Morgan fingerprint density at radius 1 is 1.31 bits per heavy atom. The minimum absolute atomic E-state index is 0.577. The lowest BCUT2D eigenvalue weighted by atomic mass is 9.97. The first-order valence-corrected chi connectivity index (χ1v) is 6.62. The van der Waals surface area contributed by atoms with Gasteiger partial charge in [-0.2, -0.15) is 0 Å². The molecule has 1 aromatic rings. The molecule has 0 fully saturated rings. The van der Waals surface area contributed by atoms with E-state index in [2.05, 4.69) is 43.4 Å². The summed E-state index contributed by atoms with van der Waals surface area (Å²) in [6.45, 7) is 5.75. The minimum atomic E-state index is 0.577. The highest BCUT2D eigenvalue weighted by molar-refractivity contribution is 5.31. The molecular weight excluding hydrogens is 194 g/mol. The smallest absolute Gasteiger partial charge is 0.0325 e. The molecule has 0 radical (unpaired) electrons. The van der Waals surface area contributed by atoms with Crippen LogP contribution in [0.25, 0.3) is 0 Å². The zero-order valence-corrected chi connectivity index (χ0v) is 10.5. The number of hydrogen-bond donors (Lipinski definition) is 1. The van der Waals surface area contributed by atoms with Gasteiger partial charge in [0.15, 0.2) is 0 Å². The highest BCUT2D eigenvalue weighted by Crippen LogP contribution is 2.31. The van der Waals surface area contributed by atoms with Crippen LogP contribution in [0.5, 0.6) is 0 Å².